The highest BCUT2D eigenvalue weighted by molar-refractivity contribution is 6.01. The Morgan fingerprint density at radius 2 is 2.10 bits per heavy atom. The first kappa shape index (κ1) is 20.6. The molecular formula is C22H26FN5O. The van der Waals surface area contributed by atoms with E-state index in [2.05, 4.69) is 42.6 Å². The highest BCUT2D eigenvalue weighted by Gasteiger charge is 2.30. The average Bonchev–Trinajstić information content (AvgIpc) is 3.24. The lowest BCUT2D eigenvalue weighted by atomic mass is 9.83. The first-order chi connectivity index (χ1) is 13.7. The number of aromatic nitrogens is 3. The smallest absolute Gasteiger partial charge is 0.252 e. The molecule has 7 heteroatoms. The van der Waals surface area contributed by atoms with Gasteiger partial charge in [-0.25, -0.2) is 9.50 Å². The summed E-state index contributed by atoms with van der Waals surface area (Å²) in [5.74, 6) is -0.216. The molecule has 152 valence electrons. The molecule has 3 aromatic rings. The largest absolute Gasteiger partial charge is 0.365 e. The number of nitrogens with two attached hydrogens (primary N) is 1. The summed E-state index contributed by atoms with van der Waals surface area (Å²) in [6, 6.07) is 4.64. The summed E-state index contributed by atoms with van der Waals surface area (Å²) in [6.07, 6.45) is 8.82. The molecule has 0 aromatic carbocycles. The maximum Gasteiger partial charge on any atom is 0.252 e. The van der Waals surface area contributed by atoms with Crippen LogP contribution in [0.3, 0.4) is 0 Å². The van der Waals surface area contributed by atoms with Gasteiger partial charge in [-0.05, 0) is 42.7 Å². The number of carbonyl (C=O) groups excluding carboxylic acids is 1. The van der Waals surface area contributed by atoms with Gasteiger partial charge >= 0.3 is 0 Å². The molecule has 1 aliphatic rings. The summed E-state index contributed by atoms with van der Waals surface area (Å²) in [4.78, 5) is 18.8. The van der Waals surface area contributed by atoms with Crippen LogP contribution in [0.25, 0.3) is 16.6 Å². The molecule has 0 saturated heterocycles. The fourth-order valence-electron chi connectivity index (χ4n) is 3.60. The maximum absolute atomic E-state index is 12.9. The number of amides is 1. The van der Waals surface area contributed by atoms with Crippen molar-refractivity contribution >= 4 is 23.8 Å². The second-order valence-electron chi connectivity index (χ2n) is 8.14. The fraction of sp³-hybridized carbons (Fsp3) is 0.364. The van der Waals surface area contributed by atoms with E-state index in [1.165, 1.54) is 37.7 Å². The number of halogens is 1. The Balaban J connectivity index is 0.000000252. The number of fused-ring (bicyclic) bond motifs is 1. The normalized spacial score (nSPS) is 17.6. The molecule has 1 atom stereocenters. The third-order valence-corrected chi connectivity index (χ3v) is 5.89. The molecule has 6 nitrogen and oxygen atoms in total. The van der Waals surface area contributed by atoms with E-state index in [9.17, 15) is 9.18 Å². The molecule has 0 spiro atoms. The van der Waals surface area contributed by atoms with E-state index in [0.29, 0.717) is 16.6 Å². The zero-order chi connectivity index (χ0) is 21.2. The summed E-state index contributed by atoms with van der Waals surface area (Å²) in [6.45, 7) is 10.6. The lowest BCUT2D eigenvalue weighted by Gasteiger charge is -2.22. The van der Waals surface area contributed by atoms with Crippen molar-refractivity contribution in [2.24, 2.45) is 22.1 Å². The maximum atomic E-state index is 12.9. The molecule has 0 bridgehead atoms. The Morgan fingerprint density at radius 3 is 2.59 bits per heavy atom. The zero-order valence-electron chi connectivity index (χ0n) is 17.0. The number of nitrogens with zero attached hydrogens (tertiary/aromatic N) is 4. The number of hydrogen-bond acceptors (Lipinski definition) is 4. The van der Waals surface area contributed by atoms with Crippen LogP contribution in [-0.2, 0) is 0 Å². The lowest BCUT2D eigenvalue weighted by molar-refractivity contribution is 0.100. The van der Waals surface area contributed by atoms with Crippen molar-refractivity contribution in [3.63, 3.8) is 0 Å². The standard InChI is InChI=1S/C14H10FN5O.C8H16/c1-17-13-10(14(16)21)6-19-20-7-9(4-11(13)20)8-2-3-12(15)18-5-8;1-7-5-4-6-8(7,2)3/h2-7H,1H2,(H2,16,21);7H,4-6H2,1-3H3. The molecular weight excluding hydrogens is 369 g/mol. The van der Waals surface area contributed by atoms with Crippen molar-refractivity contribution in [1.29, 1.82) is 0 Å². The van der Waals surface area contributed by atoms with Gasteiger partial charge < -0.3 is 5.73 Å². The molecule has 0 aliphatic heterocycles. The summed E-state index contributed by atoms with van der Waals surface area (Å²) in [5, 5.41) is 4.11. The third kappa shape index (κ3) is 4.34. The van der Waals surface area contributed by atoms with Crippen molar-refractivity contribution in [3.8, 4) is 11.1 Å². The van der Waals surface area contributed by atoms with Gasteiger partial charge in [0.15, 0.2) is 0 Å². The zero-order valence-corrected chi connectivity index (χ0v) is 17.0. The van der Waals surface area contributed by atoms with Crippen LogP contribution >= 0.6 is 0 Å². The van der Waals surface area contributed by atoms with Crippen LogP contribution in [-0.4, -0.2) is 27.2 Å². The van der Waals surface area contributed by atoms with Gasteiger partial charge in [0.05, 0.1) is 17.3 Å². The van der Waals surface area contributed by atoms with E-state index in [0.717, 1.165) is 17.0 Å². The molecule has 0 radical (unpaired) electrons. The molecule has 1 amide bonds. The van der Waals surface area contributed by atoms with Crippen LogP contribution in [0.5, 0.6) is 0 Å². The Morgan fingerprint density at radius 1 is 1.34 bits per heavy atom. The lowest BCUT2D eigenvalue weighted by Crippen LogP contribution is -2.13. The highest BCUT2D eigenvalue weighted by Crippen LogP contribution is 2.41. The topological polar surface area (TPSA) is 85.6 Å². The average molecular weight is 395 g/mol. The van der Waals surface area contributed by atoms with E-state index < -0.39 is 11.9 Å². The minimum Gasteiger partial charge on any atom is -0.365 e. The molecule has 1 fully saturated rings. The molecule has 1 unspecified atom stereocenters. The Bertz CT molecular complexity index is 1040. The van der Waals surface area contributed by atoms with Crippen molar-refractivity contribution in [1.82, 2.24) is 14.6 Å². The second kappa shape index (κ2) is 8.11. The van der Waals surface area contributed by atoms with Crippen LogP contribution in [0, 0.1) is 17.3 Å². The van der Waals surface area contributed by atoms with Crippen molar-refractivity contribution in [2.45, 2.75) is 40.0 Å². The molecule has 2 N–H and O–H groups in total. The summed E-state index contributed by atoms with van der Waals surface area (Å²) in [7, 11) is 0. The van der Waals surface area contributed by atoms with Crippen molar-refractivity contribution in [3.05, 3.63) is 48.3 Å². The predicted molar refractivity (Wildman–Crippen MR) is 113 cm³/mol. The van der Waals surface area contributed by atoms with E-state index >= 15 is 0 Å². The van der Waals surface area contributed by atoms with E-state index in [1.54, 1.807) is 22.8 Å². The Kier molecular flexibility index (Phi) is 5.77. The molecule has 29 heavy (non-hydrogen) atoms. The summed E-state index contributed by atoms with van der Waals surface area (Å²) < 4.78 is 14.4. The first-order valence-corrected chi connectivity index (χ1v) is 9.63. The number of pyridine rings is 1. The molecule has 3 aromatic heterocycles. The second-order valence-corrected chi connectivity index (χ2v) is 8.14. The monoisotopic (exact) mass is 395 g/mol. The van der Waals surface area contributed by atoms with Gasteiger partial charge in [-0.2, -0.15) is 9.49 Å². The van der Waals surface area contributed by atoms with Crippen LogP contribution in [0.15, 0.2) is 41.8 Å². The SMILES string of the molecule is C=Nc1c(C(N)=O)cnn2cc(-c3ccc(F)nc3)cc12.CC1CCCC1(C)C. The van der Waals surface area contributed by atoms with Gasteiger partial charge in [0.25, 0.3) is 5.91 Å². The van der Waals surface area contributed by atoms with Gasteiger partial charge in [0, 0.05) is 23.5 Å². The van der Waals surface area contributed by atoms with Gasteiger partial charge in [0.1, 0.15) is 5.69 Å². The van der Waals surface area contributed by atoms with Gasteiger partial charge in [-0.3, -0.25) is 9.79 Å². The molecule has 4 rings (SSSR count). The summed E-state index contributed by atoms with van der Waals surface area (Å²) >= 11 is 0. The first-order valence-electron chi connectivity index (χ1n) is 9.63. The van der Waals surface area contributed by atoms with E-state index in [4.69, 9.17) is 5.73 Å². The highest BCUT2D eigenvalue weighted by atomic mass is 19.1. The minimum absolute atomic E-state index is 0.194. The quantitative estimate of drug-likeness (QED) is 0.510. The number of hydrogen-bond donors (Lipinski definition) is 1. The molecule has 1 aliphatic carbocycles. The predicted octanol–water partition coefficient (Wildman–Crippen LogP) is 4.80. The Labute approximate surface area is 169 Å². The van der Waals surface area contributed by atoms with E-state index in [-0.39, 0.29) is 5.56 Å². The third-order valence-electron chi connectivity index (χ3n) is 5.89. The van der Waals surface area contributed by atoms with Gasteiger partial charge in [-0.1, -0.05) is 33.6 Å². The number of rotatable bonds is 3. The van der Waals surface area contributed by atoms with Crippen molar-refractivity contribution < 1.29 is 9.18 Å². The summed E-state index contributed by atoms with van der Waals surface area (Å²) in [5.41, 5.74) is 8.56. The van der Waals surface area contributed by atoms with Crippen LogP contribution in [0.1, 0.15) is 50.4 Å². The molecule has 3 heterocycles. The van der Waals surface area contributed by atoms with Gasteiger partial charge in [-0.15, -0.1) is 0 Å². The number of aliphatic imine (C=N–C) groups is 1. The number of primary amides is 1. The van der Waals surface area contributed by atoms with E-state index in [1.807, 2.05) is 0 Å². The van der Waals surface area contributed by atoms with Gasteiger partial charge in [0.2, 0.25) is 5.95 Å². The Hall–Kier alpha value is -3.09. The molecule has 1 saturated carbocycles. The fourth-order valence-corrected chi connectivity index (χ4v) is 3.60. The van der Waals surface area contributed by atoms with Crippen LogP contribution in [0.2, 0.25) is 0 Å². The number of carbonyl (C=O) groups is 1. The van der Waals surface area contributed by atoms with Crippen LogP contribution < -0.4 is 5.73 Å². The van der Waals surface area contributed by atoms with Crippen molar-refractivity contribution in [2.75, 3.05) is 0 Å². The van der Waals surface area contributed by atoms with Crippen LogP contribution in [0.4, 0.5) is 10.1 Å². The minimum atomic E-state index is -0.626.